The van der Waals surface area contributed by atoms with E-state index in [0.29, 0.717) is 16.9 Å². The molecule has 0 fully saturated rings. The highest BCUT2D eigenvalue weighted by atomic mass is 32.1. The molecule has 1 aromatic carbocycles. The fraction of sp³-hybridized carbons (Fsp3) is 0.259. The molecule has 0 aliphatic carbocycles. The van der Waals surface area contributed by atoms with Gasteiger partial charge in [-0.1, -0.05) is 0 Å². The van der Waals surface area contributed by atoms with Gasteiger partial charge in [0.05, 0.1) is 48.0 Å². The van der Waals surface area contributed by atoms with E-state index < -0.39 is 22.6 Å². The van der Waals surface area contributed by atoms with Gasteiger partial charge in [0.15, 0.2) is 5.78 Å². The number of Topliss-reactive ketones (excluding diaryl/α,β-unsaturated/α-hetero) is 1. The van der Waals surface area contributed by atoms with Gasteiger partial charge in [0, 0.05) is 23.4 Å². The normalized spacial score (nSPS) is 11.0. The first kappa shape index (κ1) is 28.8. The Balaban J connectivity index is 1.93. The van der Waals surface area contributed by atoms with E-state index in [-0.39, 0.29) is 57.7 Å². The Hall–Kier alpha value is -4.76. The Morgan fingerprint density at radius 3 is 2.44 bits per heavy atom. The summed E-state index contributed by atoms with van der Waals surface area (Å²) >= 11 is 0.941. The molecular weight excluding hydrogens is 528 g/mol. The minimum absolute atomic E-state index is 0.0972. The van der Waals surface area contributed by atoms with E-state index in [1.807, 2.05) is 6.07 Å². The highest BCUT2D eigenvalue weighted by Gasteiger charge is 2.28. The molecule has 0 saturated carbocycles. The number of nitro benzene ring substituents is 1. The average molecular weight is 553 g/mol. The Labute approximate surface area is 227 Å². The molecule has 0 spiro atoms. The Bertz CT molecular complexity index is 1510. The summed E-state index contributed by atoms with van der Waals surface area (Å²) < 4.78 is 21.2. The van der Waals surface area contributed by atoms with Crippen LogP contribution in [-0.2, 0) is 20.7 Å². The summed E-state index contributed by atoms with van der Waals surface area (Å²) in [6.45, 7) is 5.09. The predicted octanol–water partition coefficient (Wildman–Crippen LogP) is 5.31. The van der Waals surface area contributed by atoms with Crippen LogP contribution in [0.2, 0.25) is 0 Å². The monoisotopic (exact) mass is 552 g/mol. The second kappa shape index (κ2) is 12.7. The lowest BCUT2D eigenvalue weighted by atomic mass is 10.0. The van der Waals surface area contributed by atoms with Crippen molar-refractivity contribution in [3.05, 3.63) is 72.7 Å². The largest absolute Gasteiger partial charge is 0.496 e. The number of methoxy groups -OCH3 is 1. The minimum Gasteiger partial charge on any atom is -0.496 e. The van der Waals surface area contributed by atoms with Crippen LogP contribution in [0.3, 0.4) is 0 Å². The van der Waals surface area contributed by atoms with Crippen LogP contribution in [0.5, 0.6) is 5.75 Å². The third kappa shape index (κ3) is 6.39. The van der Waals surface area contributed by atoms with Crippen LogP contribution in [0.4, 0.5) is 5.69 Å². The maximum Gasteiger partial charge on any atom is 0.348 e. The zero-order chi connectivity index (χ0) is 28.7. The van der Waals surface area contributed by atoms with Crippen molar-refractivity contribution >= 4 is 40.8 Å². The molecule has 2 aromatic heterocycles. The van der Waals surface area contributed by atoms with Crippen LogP contribution in [0, 0.1) is 28.4 Å². The summed E-state index contributed by atoms with van der Waals surface area (Å²) in [6.07, 6.45) is 0.919. The van der Waals surface area contributed by atoms with Crippen LogP contribution in [0.25, 0.3) is 17.4 Å². The number of nitriles is 1. The molecule has 0 N–H and O–H groups in total. The van der Waals surface area contributed by atoms with E-state index in [1.165, 1.54) is 37.5 Å². The quantitative estimate of drug-likeness (QED) is 0.100. The van der Waals surface area contributed by atoms with Crippen molar-refractivity contribution in [2.24, 2.45) is 0 Å². The maximum atomic E-state index is 13.1. The van der Waals surface area contributed by atoms with E-state index in [2.05, 4.69) is 0 Å². The number of ether oxygens (including phenoxy) is 3. The number of nitrogens with zero attached hydrogens (tertiary/aromatic N) is 2. The van der Waals surface area contributed by atoms with E-state index in [0.717, 1.165) is 11.3 Å². The number of nitro groups is 1. The number of furan rings is 1. The van der Waals surface area contributed by atoms with Crippen molar-refractivity contribution in [3.8, 4) is 23.1 Å². The predicted molar refractivity (Wildman–Crippen MR) is 141 cm³/mol. The molecule has 39 heavy (non-hydrogen) atoms. The highest BCUT2D eigenvalue weighted by molar-refractivity contribution is 7.14. The van der Waals surface area contributed by atoms with E-state index in [1.54, 1.807) is 26.8 Å². The summed E-state index contributed by atoms with van der Waals surface area (Å²) in [7, 11) is 1.36. The third-order valence-electron chi connectivity index (χ3n) is 5.48. The summed E-state index contributed by atoms with van der Waals surface area (Å²) in [5.41, 5.74) is 0.477. The highest BCUT2D eigenvalue weighted by Crippen LogP contribution is 2.35. The number of hydrogen-bond donors (Lipinski definition) is 0. The van der Waals surface area contributed by atoms with Crippen LogP contribution in [0.1, 0.15) is 50.1 Å². The van der Waals surface area contributed by atoms with Crippen molar-refractivity contribution in [3.63, 3.8) is 0 Å². The Kier molecular flexibility index (Phi) is 9.35. The lowest BCUT2D eigenvalue weighted by Gasteiger charge is -2.06. The van der Waals surface area contributed by atoms with Crippen molar-refractivity contribution in [1.29, 1.82) is 5.26 Å². The van der Waals surface area contributed by atoms with Gasteiger partial charge >= 0.3 is 11.9 Å². The molecule has 0 aliphatic heterocycles. The molecule has 0 radical (unpaired) electrons. The molecule has 0 atom stereocenters. The fourth-order valence-electron chi connectivity index (χ4n) is 3.69. The number of allylic oxidation sites excluding steroid dienone is 1. The molecule has 202 valence electrons. The topological polar surface area (TPSA) is 159 Å². The molecular formula is C27H24N2O9S. The first-order valence-corrected chi connectivity index (χ1v) is 12.5. The lowest BCUT2D eigenvalue weighted by molar-refractivity contribution is -0.384. The number of rotatable bonds is 11. The summed E-state index contributed by atoms with van der Waals surface area (Å²) in [5, 5.41) is 20.7. The standard InChI is InChI=1S/C27H24N2O9S/c1-5-36-26(31)24-15(3)25(27(32)37-6-2)39-23(24)13-20(30)16(14-28)11-18-8-10-21(38-18)19-9-7-17(29(33)34)12-22(19)35-4/h7-12H,5-6,13H2,1-4H3. The van der Waals surface area contributed by atoms with Gasteiger partial charge in [0.2, 0.25) is 0 Å². The van der Waals surface area contributed by atoms with Gasteiger partial charge < -0.3 is 18.6 Å². The third-order valence-corrected chi connectivity index (χ3v) is 6.75. The maximum absolute atomic E-state index is 13.1. The fourth-order valence-corrected chi connectivity index (χ4v) is 4.88. The van der Waals surface area contributed by atoms with E-state index in [9.17, 15) is 29.8 Å². The summed E-state index contributed by atoms with van der Waals surface area (Å²) in [5.74, 6) is -1.22. The number of carbonyl (C=O) groups excluding carboxylic acids is 3. The second-order valence-corrected chi connectivity index (χ2v) is 9.01. The lowest BCUT2D eigenvalue weighted by Crippen LogP contribution is -2.12. The molecule has 3 rings (SSSR count). The molecule has 0 unspecified atom stereocenters. The summed E-state index contributed by atoms with van der Waals surface area (Å²) in [6, 6.07) is 8.97. The number of carbonyl (C=O) groups is 3. The number of esters is 2. The van der Waals surface area contributed by atoms with Gasteiger partial charge in [-0.2, -0.15) is 5.26 Å². The minimum atomic E-state index is -0.681. The number of hydrogen-bond acceptors (Lipinski definition) is 11. The van der Waals surface area contributed by atoms with Gasteiger partial charge in [0.25, 0.3) is 5.69 Å². The van der Waals surface area contributed by atoms with Crippen LogP contribution in [0.15, 0.2) is 40.3 Å². The van der Waals surface area contributed by atoms with Gasteiger partial charge in [-0.05, 0) is 44.5 Å². The zero-order valence-corrected chi connectivity index (χ0v) is 22.4. The smallest absolute Gasteiger partial charge is 0.348 e. The van der Waals surface area contributed by atoms with Crippen molar-refractivity contribution in [2.75, 3.05) is 20.3 Å². The molecule has 0 aliphatic rings. The molecule has 0 saturated heterocycles. The summed E-state index contributed by atoms with van der Waals surface area (Å²) in [4.78, 5) is 49.0. The number of thiophene rings is 1. The second-order valence-electron chi connectivity index (χ2n) is 7.91. The first-order chi connectivity index (χ1) is 18.6. The van der Waals surface area contributed by atoms with Gasteiger partial charge in [-0.15, -0.1) is 11.3 Å². The van der Waals surface area contributed by atoms with Gasteiger partial charge in [0.1, 0.15) is 28.2 Å². The van der Waals surface area contributed by atoms with E-state index in [4.69, 9.17) is 18.6 Å². The van der Waals surface area contributed by atoms with Gasteiger partial charge in [-0.25, -0.2) is 9.59 Å². The average Bonchev–Trinajstić information content (AvgIpc) is 3.51. The Morgan fingerprint density at radius 2 is 1.82 bits per heavy atom. The Morgan fingerprint density at radius 1 is 1.13 bits per heavy atom. The SMILES string of the molecule is CCOC(=O)c1sc(CC(=O)C(C#N)=Cc2ccc(-c3ccc([N+](=O)[O-])cc3OC)o2)c(C(=O)OCC)c1C. The molecule has 12 heteroatoms. The van der Waals surface area contributed by atoms with Crippen LogP contribution in [-0.4, -0.2) is 43.0 Å². The van der Waals surface area contributed by atoms with Crippen LogP contribution >= 0.6 is 11.3 Å². The molecule has 11 nitrogen and oxygen atoms in total. The first-order valence-electron chi connectivity index (χ1n) is 11.7. The zero-order valence-electron chi connectivity index (χ0n) is 21.6. The van der Waals surface area contributed by atoms with Crippen LogP contribution < -0.4 is 4.74 Å². The number of ketones is 1. The van der Waals surface area contributed by atoms with Crippen molar-refractivity contribution in [1.82, 2.24) is 0 Å². The number of non-ortho nitro benzene ring substituents is 1. The molecule has 0 bridgehead atoms. The molecule has 3 aromatic rings. The number of benzene rings is 1. The van der Waals surface area contributed by atoms with Crippen molar-refractivity contribution < 1.29 is 37.9 Å². The van der Waals surface area contributed by atoms with E-state index >= 15 is 0 Å². The van der Waals surface area contributed by atoms with Crippen molar-refractivity contribution in [2.45, 2.75) is 27.2 Å². The van der Waals surface area contributed by atoms with Gasteiger partial charge in [-0.3, -0.25) is 14.9 Å². The molecule has 0 amide bonds. The molecule has 2 heterocycles.